The molecule has 0 spiro atoms. The number of nitrogens with zero attached hydrogens (tertiary/aromatic N) is 1. The van der Waals surface area contributed by atoms with Crippen LogP contribution in [0.25, 0.3) is 0 Å². The fourth-order valence-electron chi connectivity index (χ4n) is 1.74. The minimum atomic E-state index is -0.106. The maximum Gasteiger partial charge on any atom is 0.317 e. The highest BCUT2D eigenvalue weighted by molar-refractivity contribution is 6.30. The standard InChI is InChI=1S/C15H23ClN2O3/c1-12(11-20-3)17-15(19)18(2)9-4-10-21-14-7-5-13(16)6-8-14/h5-8,12H,4,9-11H2,1-3H3,(H,17,19)/t12-/m0/s1. The number of amides is 2. The largest absolute Gasteiger partial charge is 0.494 e. The van der Waals surface area contributed by atoms with Crippen molar-refractivity contribution < 1.29 is 14.3 Å². The fourth-order valence-corrected chi connectivity index (χ4v) is 1.86. The Kier molecular flexibility index (Phi) is 7.93. The second kappa shape index (κ2) is 9.47. The first-order chi connectivity index (χ1) is 10.0. The van der Waals surface area contributed by atoms with Crippen molar-refractivity contribution in [1.29, 1.82) is 0 Å². The van der Waals surface area contributed by atoms with E-state index < -0.39 is 0 Å². The Balaban J connectivity index is 2.19. The van der Waals surface area contributed by atoms with Crippen molar-refractivity contribution in [2.45, 2.75) is 19.4 Å². The molecule has 0 saturated carbocycles. The number of carbonyl (C=O) groups is 1. The molecule has 118 valence electrons. The Hall–Kier alpha value is -1.46. The topological polar surface area (TPSA) is 50.8 Å². The molecule has 0 bridgehead atoms. The molecule has 21 heavy (non-hydrogen) atoms. The second-order valence-corrected chi connectivity index (χ2v) is 5.32. The average molecular weight is 315 g/mol. The van der Waals surface area contributed by atoms with Crippen LogP contribution < -0.4 is 10.1 Å². The van der Waals surface area contributed by atoms with Gasteiger partial charge in [-0.05, 0) is 37.6 Å². The van der Waals surface area contributed by atoms with Gasteiger partial charge in [0.05, 0.1) is 19.3 Å². The minimum absolute atomic E-state index is 0.00438. The summed E-state index contributed by atoms with van der Waals surface area (Å²) in [5, 5.41) is 3.54. The molecular weight excluding hydrogens is 292 g/mol. The predicted molar refractivity (Wildman–Crippen MR) is 84.1 cm³/mol. The number of benzene rings is 1. The van der Waals surface area contributed by atoms with Crippen molar-refractivity contribution in [2.24, 2.45) is 0 Å². The molecule has 0 heterocycles. The third-order valence-corrected chi connectivity index (χ3v) is 3.11. The van der Waals surface area contributed by atoms with Crippen LogP contribution >= 0.6 is 11.6 Å². The van der Waals surface area contributed by atoms with Crippen molar-refractivity contribution in [3.05, 3.63) is 29.3 Å². The van der Waals surface area contributed by atoms with E-state index in [9.17, 15) is 4.79 Å². The van der Waals surface area contributed by atoms with Gasteiger partial charge >= 0.3 is 6.03 Å². The van der Waals surface area contributed by atoms with E-state index in [0.717, 1.165) is 12.2 Å². The Morgan fingerprint density at radius 1 is 1.38 bits per heavy atom. The number of halogens is 1. The van der Waals surface area contributed by atoms with E-state index in [-0.39, 0.29) is 12.1 Å². The van der Waals surface area contributed by atoms with Gasteiger partial charge < -0.3 is 19.7 Å². The molecule has 0 unspecified atom stereocenters. The van der Waals surface area contributed by atoms with Crippen LogP contribution in [0.2, 0.25) is 5.02 Å². The van der Waals surface area contributed by atoms with E-state index in [0.29, 0.717) is 24.8 Å². The normalized spacial score (nSPS) is 11.8. The van der Waals surface area contributed by atoms with Gasteiger partial charge in [-0.1, -0.05) is 11.6 Å². The lowest BCUT2D eigenvalue weighted by Gasteiger charge is -2.21. The Bertz CT molecular complexity index is 425. The second-order valence-electron chi connectivity index (χ2n) is 4.88. The molecule has 1 atom stereocenters. The SMILES string of the molecule is COC[C@H](C)NC(=O)N(C)CCCOc1ccc(Cl)cc1. The summed E-state index contributed by atoms with van der Waals surface area (Å²) in [6, 6.07) is 7.11. The highest BCUT2D eigenvalue weighted by Crippen LogP contribution is 2.15. The number of hydrogen-bond donors (Lipinski definition) is 1. The van der Waals surface area contributed by atoms with Gasteiger partial charge in [-0.2, -0.15) is 0 Å². The molecule has 5 nitrogen and oxygen atoms in total. The molecule has 0 fully saturated rings. The van der Waals surface area contributed by atoms with Crippen LogP contribution in [0.5, 0.6) is 5.75 Å². The van der Waals surface area contributed by atoms with Crippen LogP contribution in [-0.2, 0) is 4.74 Å². The van der Waals surface area contributed by atoms with Crippen molar-refractivity contribution in [3.63, 3.8) is 0 Å². The van der Waals surface area contributed by atoms with Crippen LogP contribution in [0, 0.1) is 0 Å². The Morgan fingerprint density at radius 3 is 2.67 bits per heavy atom. The molecule has 1 aromatic carbocycles. The van der Waals surface area contributed by atoms with Gasteiger partial charge in [-0.3, -0.25) is 0 Å². The zero-order valence-corrected chi connectivity index (χ0v) is 13.5. The fraction of sp³-hybridized carbons (Fsp3) is 0.533. The Morgan fingerprint density at radius 2 is 2.05 bits per heavy atom. The number of methoxy groups -OCH3 is 1. The van der Waals surface area contributed by atoms with E-state index in [1.807, 2.05) is 19.1 Å². The third kappa shape index (κ3) is 7.20. The highest BCUT2D eigenvalue weighted by atomic mass is 35.5. The van der Waals surface area contributed by atoms with Crippen LogP contribution in [0.4, 0.5) is 4.79 Å². The zero-order chi connectivity index (χ0) is 15.7. The van der Waals surface area contributed by atoms with Crippen LogP contribution in [0.1, 0.15) is 13.3 Å². The molecule has 2 amide bonds. The predicted octanol–water partition coefficient (Wildman–Crippen LogP) is 2.79. The summed E-state index contributed by atoms with van der Waals surface area (Å²) in [7, 11) is 3.37. The lowest BCUT2D eigenvalue weighted by Crippen LogP contribution is -2.44. The molecule has 0 saturated heterocycles. The summed E-state index contributed by atoms with van der Waals surface area (Å²) in [4.78, 5) is 13.5. The van der Waals surface area contributed by atoms with Crippen LogP contribution in [-0.4, -0.2) is 50.9 Å². The maximum atomic E-state index is 11.8. The summed E-state index contributed by atoms with van der Waals surface area (Å²) in [6.07, 6.45) is 0.755. The van der Waals surface area contributed by atoms with Gasteiger partial charge in [0.2, 0.25) is 0 Å². The molecule has 1 rings (SSSR count). The van der Waals surface area contributed by atoms with E-state index in [1.165, 1.54) is 0 Å². The van der Waals surface area contributed by atoms with Gasteiger partial charge in [0, 0.05) is 25.7 Å². The first kappa shape index (κ1) is 17.6. The summed E-state index contributed by atoms with van der Waals surface area (Å²) < 4.78 is 10.6. The minimum Gasteiger partial charge on any atom is -0.494 e. The van der Waals surface area contributed by atoms with Crippen LogP contribution in [0.3, 0.4) is 0 Å². The lowest BCUT2D eigenvalue weighted by atomic mass is 10.3. The molecule has 6 heteroatoms. The molecule has 0 aliphatic carbocycles. The number of urea groups is 1. The molecule has 1 aromatic rings. The summed E-state index contributed by atoms with van der Waals surface area (Å²) in [5.41, 5.74) is 0. The summed E-state index contributed by atoms with van der Waals surface area (Å²) in [6.45, 7) is 3.57. The van der Waals surface area contributed by atoms with Crippen molar-refractivity contribution in [3.8, 4) is 5.75 Å². The van der Waals surface area contributed by atoms with E-state index >= 15 is 0 Å². The average Bonchev–Trinajstić information content (AvgIpc) is 2.45. The lowest BCUT2D eigenvalue weighted by molar-refractivity contribution is 0.161. The van der Waals surface area contributed by atoms with Crippen LogP contribution in [0.15, 0.2) is 24.3 Å². The van der Waals surface area contributed by atoms with Crippen molar-refractivity contribution >= 4 is 17.6 Å². The van der Waals surface area contributed by atoms with E-state index in [1.54, 1.807) is 31.2 Å². The smallest absolute Gasteiger partial charge is 0.317 e. The van der Waals surface area contributed by atoms with E-state index in [2.05, 4.69) is 5.32 Å². The number of ether oxygens (including phenoxy) is 2. The Labute approximate surface area is 131 Å². The van der Waals surface area contributed by atoms with Gasteiger partial charge in [0.15, 0.2) is 0 Å². The number of nitrogens with one attached hydrogen (secondary N) is 1. The molecule has 0 radical (unpaired) electrons. The number of carbonyl (C=O) groups excluding carboxylic acids is 1. The van der Waals surface area contributed by atoms with E-state index in [4.69, 9.17) is 21.1 Å². The first-order valence-electron chi connectivity index (χ1n) is 6.92. The molecule has 0 aliphatic rings. The van der Waals surface area contributed by atoms with Gasteiger partial charge in [0.1, 0.15) is 5.75 Å². The van der Waals surface area contributed by atoms with Gasteiger partial charge in [0.25, 0.3) is 0 Å². The van der Waals surface area contributed by atoms with Crippen molar-refractivity contribution in [1.82, 2.24) is 10.2 Å². The number of hydrogen-bond acceptors (Lipinski definition) is 3. The molecule has 1 N–H and O–H groups in total. The van der Waals surface area contributed by atoms with Gasteiger partial charge in [-0.25, -0.2) is 4.79 Å². The highest BCUT2D eigenvalue weighted by Gasteiger charge is 2.11. The summed E-state index contributed by atoms with van der Waals surface area (Å²) in [5.74, 6) is 0.778. The van der Waals surface area contributed by atoms with Gasteiger partial charge in [-0.15, -0.1) is 0 Å². The monoisotopic (exact) mass is 314 g/mol. The number of rotatable bonds is 8. The quantitative estimate of drug-likeness (QED) is 0.751. The molecular formula is C15H23ClN2O3. The maximum absolute atomic E-state index is 11.8. The molecule has 0 aliphatic heterocycles. The van der Waals surface area contributed by atoms with Crippen molar-refractivity contribution in [2.75, 3.05) is 33.9 Å². The first-order valence-corrected chi connectivity index (χ1v) is 7.29. The third-order valence-electron chi connectivity index (χ3n) is 2.85. The molecule has 0 aromatic heterocycles. The zero-order valence-electron chi connectivity index (χ0n) is 12.8. The summed E-state index contributed by atoms with van der Waals surface area (Å²) >= 11 is 5.80.